The third-order valence-electron chi connectivity index (χ3n) is 5.39. The van der Waals surface area contributed by atoms with Gasteiger partial charge in [-0.2, -0.15) is 10.4 Å². The van der Waals surface area contributed by atoms with Gasteiger partial charge in [-0.3, -0.25) is 9.48 Å². The summed E-state index contributed by atoms with van der Waals surface area (Å²) in [4.78, 5) is 11.8. The van der Waals surface area contributed by atoms with Gasteiger partial charge in [0.2, 0.25) is 0 Å². The first-order chi connectivity index (χ1) is 14.5. The first-order valence-corrected chi connectivity index (χ1v) is 9.78. The molecule has 0 radical (unpaired) electrons. The second-order valence-corrected chi connectivity index (χ2v) is 7.36. The molecule has 0 unspecified atom stereocenters. The number of aliphatic hydroxyl groups is 1. The maximum atomic E-state index is 14.3. The lowest BCUT2D eigenvalue weighted by atomic mass is 9.92. The van der Waals surface area contributed by atoms with Crippen LogP contribution in [0.15, 0.2) is 30.5 Å². The molecule has 1 N–H and O–H groups in total. The van der Waals surface area contributed by atoms with Crippen molar-refractivity contribution in [1.29, 1.82) is 5.26 Å². The average molecular weight is 404 g/mol. The van der Waals surface area contributed by atoms with Gasteiger partial charge >= 0.3 is 0 Å². The van der Waals surface area contributed by atoms with Crippen molar-refractivity contribution in [2.24, 2.45) is 7.05 Å². The summed E-state index contributed by atoms with van der Waals surface area (Å²) in [5.74, 6) is -0.594. The van der Waals surface area contributed by atoms with Crippen LogP contribution < -0.4 is 0 Å². The molecule has 1 aliphatic carbocycles. The van der Waals surface area contributed by atoms with Gasteiger partial charge in [-0.05, 0) is 54.7 Å². The number of carbonyl (C=O) groups is 1. The van der Waals surface area contributed by atoms with Crippen molar-refractivity contribution in [2.75, 3.05) is 6.61 Å². The predicted molar refractivity (Wildman–Crippen MR) is 111 cm³/mol. The molecule has 1 aromatic carbocycles. The van der Waals surface area contributed by atoms with Gasteiger partial charge in [0, 0.05) is 37.5 Å². The van der Waals surface area contributed by atoms with Gasteiger partial charge in [-0.1, -0.05) is 6.07 Å². The maximum absolute atomic E-state index is 14.3. The molecule has 2 aromatic heterocycles. The van der Waals surface area contributed by atoms with Crippen LogP contribution in [0.3, 0.4) is 0 Å². The molecule has 4 rings (SSSR count). The third-order valence-corrected chi connectivity index (χ3v) is 5.39. The molecule has 6 nitrogen and oxygen atoms in total. The van der Waals surface area contributed by atoms with Crippen molar-refractivity contribution < 1.29 is 14.3 Å². The van der Waals surface area contributed by atoms with Crippen molar-refractivity contribution >= 4 is 17.9 Å². The fourth-order valence-electron chi connectivity index (χ4n) is 4.04. The molecule has 0 aliphatic heterocycles. The number of carbonyl (C=O) groups excluding carboxylic acids is 1. The lowest BCUT2D eigenvalue weighted by Gasteiger charge is -2.18. The van der Waals surface area contributed by atoms with Crippen molar-refractivity contribution in [3.8, 4) is 17.2 Å². The van der Waals surface area contributed by atoms with Crippen LogP contribution in [0.1, 0.15) is 45.8 Å². The van der Waals surface area contributed by atoms with Gasteiger partial charge in [0.1, 0.15) is 11.9 Å². The standard InChI is InChI=1S/C23H21FN4O2/c1-27-13-18-9-16(5-6-22(18)26-27)23-20(11-19(14-30)28(23)7-2-8-29)15-3-4-17(12-25)21(24)10-15/h3-4,9-11,13-14,29H,2,5-8H2,1H3. The van der Waals surface area contributed by atoms with Gasteiger partial charge < -0.3 is 9.67 Å². The Balaban J connectivity index is 1.92. The summed E-state index contributed by atoms with van der Waals surface area (Å²) in [6.45, 7) is 0.471. The molecule has 152 valence electrons. The molecule has 0 fully saturated rings. The van der Waals surface area contributed by atoms with E-state index >= 15 is 0 Å². The highest BCUT2D eigenvalue weighted by Gasteiger charge is 2.23. The van der Waals surface area contributed by atoms with E-state index in [4.69, 9.17) is 5.26 Å². The van der Waals surface area contributed by atoms with Crippen LogP contribution in [0.25, 0.3) is 22.8 Å². The van der Waals surface area contributed by atoms with E-state index in [1.165, 1.54) is 12.1 Å². The number of fused-ring (bicyclic) bond motifs is 1. The van der Waals surface area contributed by atoms with Crippen LogP contribution in [-0.4, -0.2) is 32.3 Å². The Labute approximate surface area is 173 Å². The summed E-state index contributed by atoms with van der Waals surface area (Å²) in [7, 11) is 1.88. The second kappa shape index (κ2) is 8.09. The fourth-order valence-corrected chi connectivity index (χ4v) is 4.04. The zero-order valence-electron chi connectivity index (χ0n) is 16.6. The summed E-state index contributed by atoms with van der Waals surface area (Å²) in [5, 5.41) is 22.9. The molecule has 0 saturated carbocycles. The highest BCUT2D eigenvalue weighted by atomic mass is 19.1. The highest BCUT2D eigenvalue weighted by Crippen LogP contribution is 2.38. The molecule has 0 bridgehead atoms. The van der Waals surface area contributed by atoms with Crippen LogP contribution in [0.2, 0.25) is 0 Å². The SMILES string of the molecule is Cn1cc2c(n1)CCC(c1c(-c3ccc(C#N)c(F)c3)cc(C=O)n1CCCO)=C2. The number of aliphatic hydroxyl groups excluding tert-OH is 1. The van der Waals surface area contributed by atoms with Crippen LogP contribution in [0.5, 0.6) is 0 Å². The Bertz CT molecular complexity index is 1200. The van der Waals surface area contributed by atoms with E-state index in [-0.39, 0.29) is 12.2 Å². The molecular formula is C23H21FN4O2. The molecule has 0 spiro atoms. The molecule has 2 heterocycles. The quantitative estimate of drug-likeness (QED) is 0.637. The smallest absolute Gasteiger partial charge is 0.166 e. The Morgan fingerprint density at radius 1 is 1.33 bits per heavy atom. The number of rotatable bonds is 6. The van der Waals surface area contributed by atoms with Crippen molar-refractivity contribution in [1.82, 2.24) is 14.3 Å². The van der Waals surface area contributed by atoms with E-state index in [1.54, 1.807) is 16.8 Å². The zero-order valence-corrected chi connectivity index (χ0v) is 16.6. The van der Waals surface area contributed by atoms with E-state index in [9.17, 15) is 14.3 Å². The molecule has 0 amide bonds. The van der Waals surface area contributed by atoms with E-state index in [1.807, 2.05) is 23.9 Å². The zero-order chi connectivity index (χ0) is 21.3. The largest absolute Gasteiger partial charge is 0.396 e. The highest BCUT2D eigenvalue weighted by molar-refractivity contribution is 5.92. The number of allylic oxidation sites excluding steroid dienone is 1. The van der Waals surface area contributed by atoms with Crippen LogP contribution in [-0.2, 0) is 20.0 Å². The van der Waals surface area contributed by atoms with E-state index in [2.05, 4.69) is 11.2 Å². The van der Waals surface area contributed by atoms with Gasteiger partial charge in [-0.15, -0.1) is 0 Å². The van der Waals surface area contributed by atoms with E-state index in [0.717, 1.165) is 47.2 Å². The number of halogens is 1. The lowest BCUT2D eigenvalue weighted by molar-refractivity contribution is 0.111. The summed E-state index contributed by atoms with van der Waals surface area (Å²) in [6.07, 6.45) is 6.80. The minimum atomic E-state index is -0.594. The predicted octanol–water partition coefficient (Wildman–Crippen LogP) is 3.58. The second-order valence-electron chi connectivity index (χ2n) is 7.36. The number of benzene rings is 1. The Kier molecular flexibility index (Phi) is 5.34. The van der Waals surface area contributed by atoms with Crippen molar-refractivity contribution in [3.63, 3.8) is 0 Å². The number of nitriles is 1. The van der Waals surface area contributed by atoms with Gasteiger partial charge in [0.15, 0.2) is 6.29 Å². The van der Waals surface area contributed by atoms with Gasteiger partial charge in [-0.25, -0.2) is 4.39 Å². The summed E-state index contributed by atoms with van der Waals surface area (Å²) in [5.41, 5.74) is 5.70. The number of nitrogens with zero attached hydrogens (tertiary/aromatic N) is 4. The van der Waals surface area contributed by atoms with Crippen molar-refractivity contribution in [3.05, 3.63) is 64.5 Å². The van der Waals surface area contributed by atoms with Crippen LogP contribution >= 0.6 is 0 Å². The third kappa shape index (κ3) is 3.46. The lowest BCUT2D eigenvalue weighted by Crippen LogP contribution is -2.10. The number of aldehydes is 1. The molecule has 0 atom stereocenters. The Morgan fingerprint density at radius 2 is 2.17 bits per heavy atom. The summed E-state index contributed by atoms with van der Waals surface area (Å²) < 4.78 is 18.0. The summed E-state index contributed by atoms with van der Waals surface area (Å²) in [6, 6.07) is 8.07. The number of hydrogen-bond donors (Lipinski definition) is 1. The number of hydrogen-bond acceptors (Lipinski definition) is 4. The molecular weight excluding hydrogens is 383 g/mol. The van der Waals surface area contributed by atoms with E-state index in [0.29, 0.717) is 24.2 Å². The Hall–Kier alpha value is -3.50. The topological polar surface area (TPSA) is 83.8 Å². The number of aryl methyl sites for hydroxylation is 2. The first kappa shape index (κ1) is 19.8. The summed E-state index contributed by atoms with van der Waals surface area (Å²) >= 11 is 0. The fraction of sp³-hybridized carbons (Fsp3) is 0.261. The van der Waals surface area contributed by atoms with E-state index < -0.39 is 5.82 Å². The normalized spacial score (nSPS) is 12.9. The average Bonchev–Trinajstić information content (AvgIpc) is 3.30. The molecule has 1 aliphatic rings. The van der Waals surface area contributed by atoms with Gasteiger partial charge in [0.05, 0.1) is 22.6 Å². The maximum Gasteiger partial charge on any atom is 0.166 e. The van der Waals surface area contributed by atoms with Crippen molar-refractivity contribution in [2.45, 2.75) is 25.8 Å². The minimum Gasteiger partial charge on any atom is -0.396 e. The first-order valence-electron chi connectivity index (χ1n) is 9.78. The Morgan fingerprint density at radius 3 is 2.87 bits per heavy atom. The molecule has 7 heteroatoms. The van der Waals surface area contributed by atoms with Crippen LogP contribution in [0.4, 0.5) is 4.39 Å². The monoisotopic (exact) mass is 404 g/mol. The number of aromatic nitrogens is 3. The van der Waals surface area contributed by atoms with Gasteiger partial charge in [0.25, 0.3) is 0 Å². The minimum absolute atomic E-state index is 0.00253. The molecule has 30 heavy (non-hydrogen) atoms. The molecule has 0 saturated heterocycles. The molecule has 3 aromatic rings. The van der Waals surface area contributed by atoms with Crippen LogP contribution in [0, 0.1) is 17.1 Å².